The van der Waals surface area contributed by atoms with Gasteiger partial charge in [0.1, 0.15) is 5.60 Å². The molecule has 1 fully saturated rings. The van der Waals surface area contributed by atoms with Crippen molar-refractivity contribution in [1.82, 2.24) is 4.90 Å². The van der Waals surface area contributed by atoms with Crippen molar-refractivity contribution in [2.45, 2.75) is 38.7 Å². The van der Waals surface area contributed by atoms with Crippen molar-refractivity contribution in [3.63, 3.8) is 0 Å². The molecule has 0 aliphatic carbocycles. The SMILES string of the molecule is CCC(=O)C1(O)CCN(C(C)=O)CC1. The minimum Gasteiger partial charge on any atom is -0.382 e. The third-order valence-corrected chi connectivity index (χ3v) is 2.88. The fraction of sp³-hybridized carbons (Fsp3) is 0.800. The number of Topliss-reactive ketones (excluding diaryl/α,β-unsaturated/α-hetero) is 1. The van der Waals surface area contributed by atoms with Gasteiger partial charge in [0.15, 0.2) is 5.78 Å². The molecular weight excluding hydrogens is 182 g/mol. The molecule has 0 spiro atoms. The molecule has 1 aliphatic rings. The molecule has 0 radical (unpaired) electrons. The largest absolute Gasteiger partial charge is 0.382 e. The summed E-state index contributed by atoms with van der Waals surface area (Å²) >= 11 is 0. The Morgan fingerprint density at radius 1 is 1.36 bits per heavy atom. The van der Waals surface area contributed by atoms with Crippen LogP contribution in [0, 0.1) is 0 Å². The maximum atomic E-state index is 11.4. The van der Waals surface area contributed by atoms with E-state index in [9.17, 15) is 14.7 Å². The molecule has 0 aromatic rings. The second-order valence-electron chi connectivity index (χ2n) is 3.81. The van der Waals surface area contributed by atoms with E-state index in [-0.39, 0.29) is 11.7 Å². The van der Waals surface area contributed by atoms with Gasteiger partial charge in [0.25, 0.3) is 0 Å². The van der Waals surface area contributed by atoms with Gasteiger partial charge in [-0.05, 0) is 0 Å². The minimum absolute atomic E-state index is 0.0102. The predicted molar refractivity (Wildman–Crippen MR) is 51.7 cm³/mol. The van der Waals surface area contributed by atoms with Crippen LogP contribution in [0.2, 0.25) is 0 Å². The highest BCUT2D eigenvalue weighted by Crippen LogP contribution is 2.24. The van der Waals surface area contributed by atoms with Gasteiger partial charge < -0.3 is 10.0 Å². The van der Waals surface area contributed by atoms with Gasteiger partial charge in [-0.1, -0.05) is 6.92 Å². The van der Waals surface area contributed by atoms with Crippen molar-refractivity contribution < 1.29 is 14.7 Å². The molecule has 0 unspecified atom stereocenters. The highest BCUT2D eigenvalue weighted by atomic mass is 16.3. The lowest BCUT2D eigenvalue weighted by Crippen LogP contribution is -2.50. The summed E-state index contributed by atoms with van der Waals surface area (Å²) in [5.41, 5.74) is -1.18. The average Bonchev–Trinajstić information content (AvgIpc) is 2.17. The molecule has 4 nitrogen and oxygen atoms in total. The molecule has 80 valence electrons. The number of nitrogens with zero attached hydrogens (tertiary/aromatic N) is 1. The summed E-state index contributed by atoms with van der Waals surface area (Å²) in [7, 11) is 0. The van der Waals surface area contributed by atoms with Gasteiger partial charge in [-0.25, -0.2) is 0 Å². The standard InChI is InChI=1S/C10H17NO3/c1-3-9(13)10(14)4-6-11(7-5-10)8(2)12/h14H,3-7H2,1-2H3. The van der Waals surface area contributed by atoms with E-state index in [1.54, 1.807) is 11.8 Å². The molecule has 0 atom stereocenters. The van der Waals surface area contributed by atoms with Crippen molar-refractivity contribution in [3.05, 3.63) is 0 Å². The van der Waals surface area contributed by atoms with Gasteiger partial charge in [0, 0.05) is 39.3 Å². The Balaban J connectivity index is 2.57. The number of carbonyl (C=O) groups is 2. The van der Waals surface area contributed by atoms with E-state index in [0.29, 0.717) is 32.4 Å². The smallest absolute Gasteiger partial charge is 0.219 e. The number of aliphatic hydroxyl groups is 1. The average molecular weight is 199 g/mol. The van der Waals surface area contributed by atoms with Crippen LogP contribution in [0.3, 0.4) is 0 Å². The van der Waals surface area contributed by atoms with Crippen LogP contribution in [0.1, 0.15) is 33.1 Å². The van der Waals surface area contributed by atoms with E-state index in [0.717, 1.165) is 0 Å². The summed E-state index contributed by atoms with van der Waals surface area (Å²) < 4.78 is 0. The van der Waals surface area contributed by atoms with E-state index in [4.69, 9.17) is 0 Å². The van der Waals surface area contributed by atoms with Crippen molar-refractivity contribution in [3.8, 4) is 0 Å². The number of rotatable bonds is 2. The van der Waals surface area contributed by atoms with Crippen LogP contribution in [0.15, 0.2) is 0 Å². The third-order valence-electron chi connectivity index (χ3n) is 2.88. The number of ketones is 1. The first kappa shape index (κ1) is 11.2. The van der Waals surface area contributed by atoms with Gasteiger partial charge in [-0.3, -0.25) is 9.59 Å². The molecular formula is C10H17NO3. The van der Waals surface area contributed by atoms with Crippen molar-refractivity contribution >= 4 is 11.7 Å². The zero-order chi connectivity index (χ0) is 10.8. The zero-order valence-electron chi connectivity index (χ0n) is 8.75. The Bertz CT molecular complexity index is 242. The maximum absolute atomic E-state index is 11.4. The lowest BCUT2D eigenvalue weighted by Gasteiger charge is -2.36. The maximum Gasteiger partial charge on any atom is 0.219 e. The first-order valence-corrected chi connectivity index (χ1v) is 5.01. The number of likely N-dealkylation sites (tertiary alicyclic amines) is 1. The van der Waals surface area contributed by atoms with Crippen LogP contribution in [0.25, 0.3) is 0 Å². The minimum atomic E-state index is -1.18. The van der Waals surface area contributed by atoms with Crippen LogP contribution in [-0.2, 0) is 9.59 Å². The van der Waals surface area contributed by atoms with E-state index in [2.05, 4.69) is 0 Å². The molecule has 1 N–H and O–H groups in total. The van der Waals surface area contributed by atoms with E-state index in [1.807, 2.05) is 0 Å². The van der Waals surface area contributed by atoms with Gasteiger partial charge in [0.2, 0.25) is 5.91 Å². The van der Waals surface area contributed by atoms with E-state index < -0.39 is 5.60 Å². The van der Waals surface area contributed by atoms with E-state index >= 15 is 0 Å². The molecule has 0 aromatic carbocycles. The molecule has 1 aliphatic heterocycles. The molecule has 1 heterocycles. The van der Waals surface area contributed by atoms with Gasteiger partial charge >= 0.3 is 0 Å². The quantitative estimate of drug-likeness (QED) is 0.697. The number of carbonyl (C=O) groups excluding carboxylic acids is 2. The van der Waals surface area contributed by atoms with Crippen LogP contribution in [-0.4, -0.2) is 40.4 Å². The molecule has 0 bridgehead atoms. The molecule has 0 saturated carbocycles. The predicted octanol–water partition coefficient (Wildman–Crippen LogP) is 0.339. The summed E-state index contributed by atoms with van der Waals surface area (Å²) in [5, 5.41) is 9.95. The topological polar surface area (TPSA) is 57.6 Å². The molecule has 4 heteroatoms. The fourth-order valence-electron chi connectivity index (χ4n) is 1.80. The highest BCUT2D eigenvalue weighted by molar-refractivity contribution is 5.87. The molecule has 0 aromatic heterocycles. The van der Waals surface area contributed by atoms with Crippen LogP contribution in [0.5, 0.6) is 0 Å². The Morgan fingerprint density at radius 2 is 1.86 bits per heavy atom. The number of piperidine rings is 1. The Labute approximate surface area is 83.9 Å². The molecule has 1 saturated heterocycles. The summed E-state index contributed by atoms with van der Waals surface area (Å²) in [4.78, 5) is 24.1. The Morgan fingerprint density at radius 3 is 2.21 bits per heavy atom. The number of amides is 1. The molecule has 14 heavy (non-hydrogen) atoms. The van der Waals surface area contributed by atoms with Crippen molar-refractivity contribution in [2.24, 2.45) is 0 Å². The summed E-state index contributed by atoms with van der Waals surface area (Å²) in [6.07, 6.45) is 1.11. The Kier molecular flexibility index (Phi) is 3.26. The summed E-state index contributed by atoms with van der Waals surface area (Å²) in [5.74, 6) is -0.100. The van der Waals surface area contributed by atoms with Gasteiger partial charge in [-0.15, -0.1) is 0 Å². The van der Waals surface area contributed by atoms with Crippen molar-refractivity contribution in [1.29, 1.82) is 0 Å². The summed E-state index contributed by atoms with van der Waals surface area (Å²) in [6, 6.07) is 0. The van der Waals surface area contributed by atoms with Crippen LogP contribution in [0.4, 0.5) is 0 Å². The summed E-state index contributed by atoms with van der Waals surface area (Å²) in [6.45, 7) is 4.22. The second kappa shape index (κ2) is 4.09. The lowest BCUT2D eigenvalue weighted by atomic mass is 9.86. The first-order valence-electron chi connectivity index (χ1n) is 5.01. The number of hydrogen-bond donors (Lipinski definition) is 1. The zero-order valence-corrected chi connectivity index (χ0v) is 8.75. The first-order chi connectivity index (χ1) is 6.49. The monoisotopic (exact) mass is 199 g/mol. The Hall–Kier alpha value is -0.900. The van der Waals surface area contributed by atoms with Crippen molar-refractivity contribution in [2.75, 3.05) is 13.1 Å². The third kappa shape index (κ3) is 2.12. The van der Waals surface area contributed by atoms with Crippen LogP contribution >= 0.6 is 0 Å². The van der Waals surface area contributed by atoms with Gasteiger partial charge in [0.05, 0.1) is 0 Å². The highest BCUT2D eigenvalue weighted by Gasteiger charge is 2.38. The lowest BCUT2D eigenvalue weighted by molar-refractivity contribution is -0.146. The molecule has 1 rings (SSSR count). The second-order valence-corrected chi connectivity index (χ2v) is 3.81. The van der Waals surface area contributed by atoms with E-state index in [1.165, 1.54) is 6.92 Å². The van der Waals surface area contributed by atoms with Gasteiger partial charge in [-0.2, -0.15) is 0 Å². The number of hydrogen-bond acceptors (Lipinski definition) is 3. The fourth-order valence-corrected chi connectivity index (χ4v) is 1.80. The van der Waals surface area contributed by atoms with Crippen LogP contribution < -0.4 is 0 Å². The normalized spacial score (nSPS) is 20.6. The molecule has 1 amide bonds.